The SMILES string of the molecule is CC=CCOC[C@@H]1CC=CCC1. The molecule has 0 bridgehead atoms. The van der Waals surface area contributed by atoms with Gasteiger partial charge in [-0.05, 0) is 32.1 Å². The Balaban J connectivity index is 2.02. The zero-order valence-electron chi connectivity index (χ0n) is 7.83. The normalized spacial score (nSPS) is 23.6. The first kappa shape index (κ1) is 9.53. The van der Waals surface area contributed by atoms with Gasteiger partial charge >= 0.3 is 0 Å². The molecule has 0 spiro atoms. The lowest BCUT2D eigenvalue weighted by atomic mass is 9.95. The van der Waals surface area contributed by atoms with Gasteiger partial charge in [0.2, 0.25) is 0 Å². The highest BCUT2D eigenvalue weighted by Crippen LogP contribution is 2.17. The Morgan fingerprint density at radius 2 is 2.42 bits per heavy atom. The van der Waals surface area contributed by atoms with Crippen molar-refractivity contribution in [1.29, 1.82) is 0 Å². The number of hydrogen-bond acceptors (Lipinski definition) is 1. The summed E-state index contributed by atoms with van der Waals surface area (Å²) in [5, 5.41) is 0. The van der Waals surface area contributed by atoms with Crippen LogP contribution in [-0.4, -0.2) is 13.2 Å². The van der Waals surface area contributed by atoms with E-state index in [0.29, 0.717) is 0 Å². The van der Waals surface area contributed by atoms with Gasteiger partial charge in [0.15, 0.2) is 0 Å². The highest BCUT2D eigenvalue weighted by molar-refractivity contribution is 4.90. The van der Waals surface area contributed by atoms with Gasteiger partial charge in [-0.25, -0.2) is 0 Å². The summed E-state index contributed by atoms with van der Waals surface area (Å²) in [6.07, 6.45) is 12.4. The van der Waals surface area contributed by atoms with Crippen molar-refractivity contribution in [3.63, 3.8) is 0 Å². The standard InChI is InChI=1S/C11H18O/c1-2-3-9-12-10-11-7-5-4-6-8-11/h2-5,11H,6-10H2,1H3/t11-/m1/s1. The van der Waals surface area contributed by atoms with Crippen molar-refractivity contribution in [2.24, 2.45) is 5.92 Å². The molecule has 0 radical (unpaired) electrons. The Hall–Kier alpha value is -0.560. The third-order valence-electron chi connectivity index (χ3n) is 2.18. The first-order valence-electron chi connectivity index (χ1n) is 4.77. The number of hydrogen-bond donors (Lipinski definition) is 0. The van der Waals surface area contributed by atoms with Gasteiger partial charge in [-0.15, -0.1) is 0 Å². The smallest absolute Gasteiger partial charge is 0.0647 e. The van der Waals surface area contributed by atoms with Crippen LogP contribution in [0.1, 0.15) is 26.2 Å². The fraction of sp³-hybridized carbons (Fsp3) is 0.636. The number of rotatable bonds is 4. The minimum absolute atomic E-state index is 0.764. The molecule has 1 aliphatic carbocycles. The Morgan fingerprint density at radius 1 is 1.50 bits per heavy atom. The van der Waals surface area contributed by atoms with Crippen molar-refractivity contribution in [3.8, 4) is 0 Å². The Kier molecular flexibility index (Phi) is 4.77. The molecule has 0 aromatic carbocycles. The molecule has 1 rings (SSSR count). The third kappa shape index (κ3) is 3.72. The van der Waals surface area contributed by atoms with E-state index in [0.717, 1.165) is 19.1 Å². The second-order valence-corrected chi connectivity index (χ2v) is 3.26. The minimum atomic E-state index is 0.764. The molecule has 0 heterocycles. The Labute approximate surface area is 75.1 Å². The lowest BCUT2D eigenvalue weighted by Crippen LogP contribution is -2.10. The zero-order valence-corrected chi connectivity index (χ0v) is 7.83. The molecular formula is C11H18O. The quantitative estimate of drug-likeness (QED) is 0.461. The number of ether oxygens (including phenoxy) is 1. The third-order valence-corrected chi connectivity index (χ3v) is 2.18. The van der Waals surface area contributed by atoms with Crippen LogP contribution in [0.3, 0.4) is 0 Å². The van der Waals surface area contributed by atoms with Gasteiger partial charge in [-0.2, -0.15) is 0 Å². The van der Waals surface area contributed by atoms with Crippen molar-refractivity contribution >= 4 is 0 Å². The molecular weight excluding hydrogens is 148 g/mol. The molecule has 68 valence electrons. The molecule has 0 fully saturated rings. The van der Waals surface area contributed by atoms with Gasteiger partial charge in [0.1, 0.15) is 0 Å². The van der Waals surface area contributed by atoms with Gasteiger partial charge in [0, 0.05) is 0 Å². The molecule has 0 aliphatic heterocycles. The fourth-order valence-corrected chi connectivity index (χ4v) is 1.41. The van der Waals surface area contributed by atoms with Crippen molar-refractivity contribution in [3.05, 3.63) is 24.3 Å². The summed E-state index contributed by atoms with van der Waals surface area (Å²) in [4.78, 5) is 0. The molecule has 1 atom stereocenters. The van der Waals surface area contributed by atoms with Gasteiger partial charge in [-0.1, -0.05) is 24.3 Å². The molecule has 1 nitrogen and oxygen atoms in total. The summed E-state index contributed by atoms with van der Waals surface area (Å²) in [7, 11) is 0. The van der Waals surface area contributed by atoms with Crippen LogP contribution in [-0.2, 0) is 4.74 Å². The van der Waals surface area contributed by atoms with Crippen LogP contribution < -0.4 is 0 Å². The Morgan fingerprint density at radius 3 is 3.08 bits per heavy atom. The maximum atomic E-state index is 5.49. The largest absolute Gasteiger partial charge is 0.377 e. The average Bonchev–Trinajstić information content (AvgIpc) is 2.14. The van der Waals surface area contributed by atoms with E-state index in [1.54, 1.807) is 0 Å². The van der Waals surface area contributed by atoms with E-state index < -0.39 is 0 Å². The van der Waals surface area contributed by atoms with Gasteiger partial charge in [0.05, 0.1) is 13.2 Å². The van der Waals surface area contributed by atoms with E-state index in [1.165, 1.54) is 19.3 Å². The monoisotopic (exact) mass is 166 g/mol. The lowest BCUT2D eigenvalue weighted by molar-refractivity contribution is 0.118. The predicted molar refractivity (Wildman–Crippen MR) is 52.1 cm³/mol. The predicted octanol–water partition coefficient (Wildman–Crippen LogP) is 2.94. The molecule has 0 saturated heterocycles. The summed E-state index contributed by atoms with van der Waals surface area (Å²) >= 11 is 0. The second-order valence-electron chi connectivity index (χ2n) is 3.26. The van der Waals surface area contributed by atoms with Crippen molar-refractivity contribution < 1.29 is 4.74 Å². The lowest BCUT2D eigenvalue weighted by Gasteiger charge is -2.16. The Bertz CT molecular complexity index is 158. The van der Waals surface area contributed by atoms with E-state index in [1.807, 2.05) is 13.0 Å². The molecule has 0 amide bonds. The van der Waals surface area contributed by atoms with E-state index in [2.05, 4.69) is 18.2 Å². The van der Waals surface area contributed by atoms with Gasteiger partial charge in [0.25, 0.3) is 0 Å². The minimum Gasteiger partial charge on any atom is -0.377 e. The fourth-order valence-electron chi connectivity index (χ4n) is 1.41. The highest BCUT2D eigenvalue weighted by atomic mass is 16.5. The van der Waals surface area contributed by atoms with Gasteiger partial charge in [-0.3, -0.25) is 0 Å². The molecule has 0 N–H and O–H groups in total. The summed E-state index contributed by atoms with van der Waals surface area (Å²) in [6, 6.07) is 0. The van der Waals surface area contributed by atoms with Crippen LogP contribution in [0, 0.1) is 5.92 Å². The van der Waals surface area contributed by atoms with Crippen LogP contribution in [0.2, 0.25) is 0 Å². The molecule has 0 aromatic rings. The molecule has 0 unspecified atom stereocenters. The topological polar surface area (TPSA) is 9.23 Å². The van der Waals surface area contributed by atoms with Gasteiger partial charge < -0.3 is 4.74 Å². The summed E-state index contributed by atoms with van der Waals surface area (Å²) in [6.45, 7) is 3.72. The van der Waals surface area contributed by atoms with E-state index in [4.69, 9.17) is 4.74 Å². The maximum Gasteiger partial charge on any atom is 0.0647 e. The molecule has 0 saturated carbocycles. The zero-order chi connectivity index (χ0) is 8.65. The number of allylic oxidation sites excluding steroid dienone is 3. The second kappa shape index (κ2) is 6.01. The van der Waals surface area contributed by atoms with Crippen molar-refractivity contribution in [2.75, 3.05) is 13.2 Å². The van der Waals surface area contributed by atoms with Crippen LogP contribution >= 0.6 is 0 Å². The van der Waals surface area contributed by atoms with E-state index in [9.17, 15) is 0 Å². The van der Waals surface area contributed by atoms with Crippen molar-refractivity contribution in [2.45, 2.75) is 26.2 Å². The first-order valence-corrected chi connectivity index (χ1v) is 4.77. The van der Waals surface area contributed by atoms with Crippen LogP contribution in [0.15, 0.2) is 24.3 Å². The summed E-state index contributed by atoms with van der Waals surface area (Å²) < 4.78 is 5.49. The molecule has 1 heteroatoms. The molecule has 0 aromatic heterocycles. The summed E-state index contributed by atoms with van der Waals surface area (Å²) in [5.41, 5.74) is 0. The maximum absolute atomic E-state index is 5.49. The molecule has 1 aliphatic rings. The van der Waals surface area contributed by atoms with E-state index in [-0.39, 0.29) is 0 Å². The van der Waals surface area contributed by atoms with Crippen molar-refractivity contribution in [1.82, 2.24) is 0 Å². The molecule has 12 heavy (non-hydrogen) atoms. The van der Waals surface area contributed by atoms with Crippen LogP contribution in [0.25, 0.3) is 0 Å². The highest BCUT2D eigenvalue weighted by Gasteiger charge is 2.08. The summed E-state index contributed by atoms with van der Waals surface area (Å²) in [5.74, 6) is 0.764. The van der Waals surface area contributed by atoms with Crippen LogP contribution in [0.4, 0.5) is 0 Å². The average molecular weight is 166 g/mol. The first-order chi connectivity index (χ1) is 5.93. The van der Waals surface area contributed by atoms with Crippen LogP contribution in [0.5, 0.6) is 0 Å². The van der Waals surface area contributed by atoms with E-state index >= 15 is 0 Å².